The fourth-order valence-electron chi connectivity index (χ4n) is 3.04. The zero-order chi connectivity index (χ0) is 17.6. The summed E-state index contributed by atoms with van der Waals surface area (Å²) < 4.78 is 5.28. The first-order valence-corrected chi connectivity index (χ1v) is 8.80. The molecule has 1 aliphatic rings. The number of methoxy groups -OCH3 is 1. The second-order valence-corrected chi connectivity index (χ2v) is 6.61. The van der Waals surface area contributed by atoms with Crippen molar-refractivity contribution in [2.45, 2.75) is 6.54 Å². The molecule has 0 atom stereocenters. The molecule has 0 saturated carbocycles. The summed E-state index contributed by atoms with van der Waals surface area (Å²) in [7, 11) is 1.60. The van der Waals surface area contributed by atoms with E-state index in [-0.39, 0.29) is 6.03 Å². The number of ether oxygens (including phenoxy) is 1. The smallest absolute Gasteiger partial charge is 0.322 e. The van der Waals surface area contributed by atoms with Crippen molar-refractivity contribution in [1.29, 1.82) is 0 Å². The number of carbonyl (C=O) groups is 1. The molecule has 1 aliphatic heterocycles. The Morgan fingerprint density at radius 1 is 1.16 bits per heavy atom. The van der Waals surface area contributed by atoms with Crippen molar-refractivity contribution < 1.29 is 14.4 Å². The van der Waals surface area contributed by atoms with Gasteiger partial charge in [0.2, 0.25) is 0 Å². The van der Waals surface area contributed by atoms with Crippen LogP contribution in [0.1, 0.15) is 5.56 Å². The number of amides is 2. The number of para-hydroxylation sites is 2. The minimum atomic E-state index is -0.0740. The summed E-state index contributed by atoms with van der Waals surface area (Å²) in [4.78, 5) is 15.8. The molecule has 0 aliphatic carbocycles. The van der Waals surface area contributed by atoms with E-state index < -0.39 is 0 Å². The van der Waals surface area contributed by atoms with Crippen LogP contribution < -0.4 is 15.0 Å². The van der Waals surface area contributed by atoms with Crippen molar-refractivity contribution >= 4 is 23.3 Å². The topological polar surface area (TPSA) is 46.0 Å². The number of anilines is 1. The zero-order valence-corrected chi connectivity index (χ0v) is 15.1. The number of quaternary nitrogens is 1. The van der Waals surface area contributed by atoms with Crippen LogP contribution in [-0.2, 0) is 6.54 Å². The summed E-state index contributed by atoms with van der Waals surface area (Å²) in [5.74, 6) is 0.669. The molecule has 1 heterocycles. The Bertz CT molecular complexity index is 713. The largest absolute Gasteiger partial charge is 0.495 e. The highest BCUT2D eigenvalue weighted by Gasteiger charge is 2.24. The van der Waals surface area contributed by atoms with Crippen LogP contribution in [0.4, 0.5) is 10.5 Å². The number of benzene rings is 2. The lowest BCUT2D eigenvalue weighted by Crippen LogP contribution is -3.13. The Kier molecular flexibility index (Phi) is 5.79. The predicted octanol–water partition coefficient (Wildman–Crippen LogP) is 2.28. The molecule has 2 aromatic rings. The lowest BCUT2D eigenvalue weighted by molar-refractivity contribution is -0.917. The van der Waals surface area contributed by atoms with Crippen LogP contribution in [-0.4, -0.2) is 44.2 Å². The summed E-state index contributed by atoms with van der Waals surface area (Å²) in [6.07, 6.45) is 0. The SMILES string of the molecule is COc1ccccc1NC(=O)N1CC[NH+](Cc2ccc(Cl)cc2)CC1. The monoisotopic (exact) mass is 360 g/mol. The van der Waals surface area contributed by atoms with E-state index >= 15 is 0 Å². The van der Waals surface area contributed by atoms with Gasteiger partial charge >= 0.3 is 6.03 Å². The van der Waals surface area contributed by atoms with Crippen LogP contribution >= 0.6 is 11.6 Å². The normalized spacial score (nSPS) is 15.0. The quantitative estimate of drug-likeness (QED) is 0.878. The van der Waals surface area contributed by atoms with E-state index in [1.54, 1.807) is 7.11 Å². The average Bonchev–Trinajstić information content (AvgIpc) is 2.64. The minimum absolute atomic E-state index is 0.0740. The van der Waals surface area contributed by atoms with Gasteiger partial charge in [-0.3, -0.25) is 0 Å². The maximum absolute atomic E-state index is 12.5. The van der Waals surface area contributed by atoms with Gasteiger partial charge in [0.1, 0.15) is 12.3 Å². The molecule has 0 spiro atoms. The molecule has 1 saturated heterocycles. The van der Waals surface area contributed by atoms with Gasteiger partial charge < -0.3 is 19.9 Å². The van der Waals surface area contributed by atoms with Crippen molar-refractivity contribution in [2.24, 2.45) is 0 Å². The third-order valence-corrected chi connectivity index (χ3v) is 4.73. The van der Waals surface area contributed by atoms with E-state index in [9.17, 15) is 4.79 Å². The van der Waals surface area contributed by atoms with E-state index in [1.807, 2.05) is 41.3 Å². The van der Waals surface area contributed by atoms with E-state index in [0.717, 1.165) is 37.7 Å². The Morgan fingerprint density at radius 3 is 2.52 bits per heavy atom. The van der Waals surface area contributed by atoms with Crippen molar-refractivity contribution in [3.63, 3.8) is 0 Å². The van der Waals surface area contributed by atoms with Crippen LogP contribution in [0.25, 0.3) is 0 Å². The van der Waals surface area contributed by atoms with Gasteiger partial charge in [-0.15, -0.1) is 0 Å². The number of nitrogens with one attached hydrogen (secondary N) is 2. The minimum Gasteiger partial charge on any atom is -0.495 e. The van der Waals surface area contributed by atoms with Gasteiger partial charge in [-0.2, -0.15) is 0 Å². The molecule has 1 fully saturated rings. The highest BCUT2D eigenvalue weighted by molar-refractivity contribution is 6.30. The van der Waals surface area contributed by atoms with Gasteiger partial charge in [-0.25, -0.2) is 4.79 Å². The lowest BCUT2D eigenvalue weighted by Gasteiger charge is -2.32. The van der Waals surface area contributed by atoms with Gasteiger partial charge in [0.25, 0.3) is 0 Å². The number of hydrogen-bond acceptors (Lipinski definition) is 2. The molecule has 0 unspecified atom stereocenters. The number of nitrogens with zero attached hydrogens (tertiary/aromatic N) is 1. The number of carbonyl (C=O) groups excluding carboxylic acids is 1. The number of piperazine rings is 1. The number of halogens is 1. The second-order valence-electron chi connectivity index (χ2n) is 6.17. The third-order valence-electron chi connectivity index (χ3n) is 4.47. The fraction of sp³-hybridized carbons (Fsp3) is 0.316. The van der Waals surface area contributed by atoms with Gasteiger partial charge in [0, 0.05) is 10.6 Å². The number of rotatable bonds is 4. The number of hydrogen-bond donors (Lipinski definition) is 2. The van der Waals surface area contributed by atoms with Crippen LogP contribution in [0.15, 0.2) is 48.5 Å². The molecule has 3 rings (SSSR count). The van der Waals surface area contributed by atoms with Crippen LogP contribution in [0.3, 0.4) is 0 Å². The van der Waals surface area contributed by atoms with E-state index in [2.05, 4.69) is 17.4 Å². The molecule has 2 amide bonds. The standard InChI is InChI=1S/C19H22ClN3O2/c1-25-18-5-3-2-4-17(18)21-19(24)23-12-10-22(11-13-23)14-15-6-8-16(20)9-7-15/h2-9H,10-14H2,1H3,(H,21,24)/p+1. The summed E-state index contributed by atoms with van der Waals surface area (Å²) in [5.41, 5.74) is 1.97. The molecule has 5 nitrogen and oxygen atoms in total. The third kappa shape index (κ3) is 4.65. The lowest BCUT2D eigenvalue weighted by atomic mass is 10.2. The Labute approximate surface area is 153 Å². The van der Waals surface area contributed by atoms with E-state index in [1.165, 1.54) is 10.5 Å². The molecule has 0 aromatic heterocycles. The molecular weight excluding hydrogens is 338 g/mol. The fourth-order valence-corrected chi connectivity index (χ4v) is 3.16. The first kappa shape index (κ1) is 17.6. The van der Waals surface area contributed by atoms with E-state index in [4.69, 9.17) is 16.3 Å². The van der Waals surface area contributed by atoms with Crippen molar-refractivity contribution in [2.75, 3.05) is 38.6 Å². The maximum Gasteiger partial charge on any atom is 0.322 e. The molecular formula is C19H23ClN3O2+. The summed E-state index contributed by atoms with van der Waals surface area (Å²) in [6, 6.07) is 15.4. The average molecular weight is 361 g/mol. The highest BCUT2D eigenvalue weighted by Crippen LogP contribution is 2.23. The molecule has 2 N–H and O–H groups in total. The molecule has 6 heteroatoms. The predicted molar refractivity (Wildman–Crippen MR) is 99.4 cm³/mol. The molecule has 2 aromatic carbocycles. The first-order valence-electron chi connectivity index (χ1n) is 8.42. The zero-order valence-electron chi connectivity index (χ0n) is 14.3. The first-order chi connectivity index (χ1) is 12.2. The van der Waals surface area contributed by atoms with Crippen LogP contribution in [0.2, 0.25) is 5.02 Å². The molecule has 0 radical (unpaired) electrons. The molecule has 25 heavy (non-hydrogen) atoms. The van der Waals surface area contributed by atoms with Gasteiger partial charge in [0.05, 0.1) is 39.0 Å². The van der Waals surface area contributed by atoms with E-state index in [0.29, 0.717) is 11.4 Å². The maximum atomic E-state index is 12.5. The Hall–Kier alpha value is -2.24. The van der Waals surface area contributed by atoms with Gasteiger partial charge in [-0.05, 0) is 24.3 Å². The van der Waals surface area contributed by atoms with Crippen LogP contribution in [0, 0.1) is 0 Å². The summed E-state index contributed by atoms with van der Waals surface area (Å²) in [6.45, 7) is 4.30. The summed E-state index contributed by atoms with van der Waals surface area (Å²) >= 11 is 5.93. The van der Waals surface area contributed by atoms with Crippen molar-refractivity contribution in [1.82, 2.24) is 4.90 Å². The van der Waals surface area contributed by atoms with Crippen molar-refractivity contribution in [3.05, 3.63) is 59.1 Å². The van der Waals surface area contributed by atoms with Crippen molar-refractivity contribution in [3.8, 4) is 5.75 Å². The highest BCUT2D eigenvalue weighted by atomic mass is 35.5. The second kappa shape index (κ2) is 8.23. The van der Waals surface area contributed by atoms with Gasteiger partial charge in [-0.1, -0.05) is 35.9 Å². The number of urea groups is 1. The summed E-state index contributed by atoms with van der Waals surface area (Å²) in [5, 5.41) is 3.70. The molecule has 0 bridgehead atoms. The van der Waals surface area contributed by atoms with Crippen LogP contribution in [0.5, 0.6) is 5.75 Å². The molecule has 132 valence electrons. The Morgan fingerprint density at radius 2 is 1.84 bits per heavy atom. The Balaban J connectivity index is 1.51. The van der Waals surface area contributed by atoms with Gasteiger partial charge in [0.15, 0.2) is 0 Å².